The summed E-state index contributed by atoms with van der Waals surface area (Å²) in [5.41, 5.74) is 0. The van der Waals surface area contributed by atoms with Gasteiger partial charge in [0, 0.05) is 32.7 Å². The third-order valence-electron chi connectivity index (χ3n) is 5.95. The van der Waals surface area contributed by atoms with E-state index in [2.05, 4.69) is 41.5 Å². The molecule has 0 aliphatic carbocycles. The maximum Gasteiger partial charge on any atom is 0.222 e. The number of rotatable bonds is 29. The van der Waals surface area contributed by atoms with Crippen molar-refractivity contribution in [1.82, 2.24) is 4.90 Å². The minimum Gasteiger partial charge on any atom is -0.379 e. The predicted octanol–water partition coefficient (Wildman–Crippen LogP) is 5.22. The summed E-state index contributed by atoms with van der Waals surface area (Å²) in [5, 5.41) is 0. The van der Waals surface area contributed by atoms with Gasteiger partial charge in [0.15, 0.2) is 0 Å². The molecule has 0 radical (unpaired) electrons. The van der Waals surface area contributed by atoms with Crippen LogP contribution in [0.5, 0.6) is 0 Å². The Morgan fingerprint density at radius 1 is 0.474 bits per heavy atom. The van der Waals surface area contributed by atoms with Gasteiger partial charge in [0.05, 0.1) is 66.1 Å². The Morgan fingerprint density at radius 3 is 1.18 bits per heavy atom. The minimum absolute atomic E-state index is 0.172. The number of carbonyl (C=O) groups is 1. The highest BCUT2D eigenvalue weighted by molar-refractivity contribution is 5.76. The van der Waals surface area contributed by atoms with E-state index < -0.39 is 0 Å². The maximum absolute atomic E-state index is 12.8. The largest absolute Gasteiger partial charge is 0.379 e. The topological polar surface area (TPSA) is 75.7 Å². The van der Waals surface area contributed by atoms with Gasteiger partial charge in [-0.05, 0) is 37.0 Å². The third kappa shape index (κ3) is 28.2. The van der Waals surface area contributed by atoms with Crippen LogP contribution in [0.3, 0.4) is 0 Å². The average molecular weight is 548 g/mol. The Labute approximate surface area is 234 Å². The van der Waals surface area contributed by atoms with Crippen molar-refractivity contribution >= 4 is 5.91 Å². The Morgan fingerprint density at radius 2 is 0.816 bits per heavy atom. The van der Waals surface area contributed by atoms with E-state index in [1.54, 1.807) is 0 Å². The number of hydrogen-bond donors (Lipinski definition) is 0. The first-order chi connectivity index (χ1) is 18.3. The van der Waals surface area contributed by atoms with Crippen LogP contribution in [0.15, 0.2) is 0 Å². The molecule has 0 bridgehead atoms. The molecule has 0 aromatic heterocycles. The molecule has 0 rings (SSSR count). The Balaban J connectivity index is 3.99. The van der Waals surface area contributed by atoms with Crippen LogP contribution in [0, 0.1) is 17.8 Å². The number of nitrogens with zero attached hydrogens (tertiary/aromatic N) is 1. The van der Waals surface area contributed by atoms with Crippen molar-refractivity contribution in [3.8, 4) is 0 Å². The summed E-state index contributed by atoms with van der Waals surface area (Å²) < 4.78 is 33.6. The number of amides is 1. The van der Waals surface area contributed by atoms with E-state index in [1.807, 2.05) is 4.90 Å². The molecule has 8 heteroatoms. The zero-order chi connectivity index (χ0) is 28.3. The lowest BCUT2D eigenvalue weighted by atomic mass is 10.1. The molecule has 0 saturated carbocycles. The van der Waals surface area contributed by atoms with Gasteiger partial charge in [-0.2, -0.15) is 0 Å². The first-order valence-electron chi connectivity index (χ1n) is 15.1. The van der Waals surface area contributed by atoms with Crippen molar-refractivity contribution in [3.05, 3.63) is 0 Å². The summed E-state index contributed by atoms with van der Waals surface area (Å²) in [7, 11) is 0. The minimum atomic E-state index is 0.172. The van der Waals surface area contributed by atoms with E-state index in [9.17, 15) is 4.79 Å². The molecule has 38 heavy (non-hydrogen) atoms. The fourth-order valence-electron chi connectivity index (χ4n) is 3.42. The van der Waals surface area contributed by atoms with Crippen LogP contribution >= 0.6 is 0 Å². The second-order valence-corrected chi connectivity index (χ2v) is 11.1. The highest BCUT2D eigenvalue weighted by Crippen LogP contribution is 2.09. The Bertz CT molecular complexity index is 473. The number of hydrogen-bond acceptors (Lipinski definition) is 7. The van der Waals surface area contributed by atoms with Gasteiger partial charge in [0.25, 0.3) is 0 Å². The molecule has 0 atom stereocenters. The second-order valence-electron chi connectivity index (χ2n) is 11.1. The first-order valence-corrected chi connectivity index (χ1v) is 15.1. The zero-order valence-corrected chi connectivity index (χ0v) is 25.7. The van der Waals surface area contributed by atoms with Crippen LogP contribution < -0.4 is 0 Å². The molecular formula is C30H61NO7. The standard InChI is InChI=1S/C30H61NO7/c1-27(2)9-7-8-10-30(32)31(13-17-35-21-25-37-23-19-33-15-11-28(3)4)14-18-36-22-26-38-24-20-34-16-12-29(5)6/h27-29H,7-26H2,1-6H3. The highest BCUT2D eigenvalue weighted by Gasteiger charge is 2.13. The monoisotopic (exact) mass is 547 g/mol. The van der Waals surface area contributed by atoms with Gasteiger partial charge in [-0.15, -0.1) is 0 Å². The Kier molecular flexibility index (Phi) is 27.2. The van der Waals surface area contributed by atoms with Crippen LogP contribution in [0.1, 0.15) is 80.1 Å². The van der Waals surface area contributed by atoms with Crippen LogP contribution in [0.4, 0.5) is 0 Å². The maximum atomic E-state index is 12.8. The van der Waals surface area contributed by atoms with E-state index in [-0.39, 0.29) is 5.91 Å². The average Bonchev–Trinajstić information content (AvgIpc) is 2.86. The lowest BCUT2D eigenvalue weighted by molar-refractivity contribution is -0.133. The van der Waals surface area contributed by atoms with Gasteiger partial charge in [-0.1, -0.05) is 54.4 Å². The third-order valence-corrected chi connectivity index (χ3v) is 5.95. The lowest BCUT2D eigenvalue weighted by Gasteiger charge is -2.23. The van der Waals surface area contributed by atoms with E-state index in [4.69, 9.17) is 28.4 Å². The summed E-state index contributed by atoms with van der Waals surface area (Å²) in [4.78, 5) is 14.7. The van der Waals surface area contributed by atoms with E-state index in [0.717, 1.165) is 45.3 Å². The SMILES string of the molecule is CC(C)CCCCC(=O)N(CCOCCOCCOCCC(C)C)CCOCCOCCOCCC(C)C. The quantitative estimate of drug-likeness (QED) is 0.119. The van der Waals surface area contributed by atoms with Crippen LogP contribution in [-0.4, -0.2) is 103 Å². The molecule has 0 unspecified atom stereocenters. The van der Waals surface area contributed by atoms with Crippen molar-refractivity contribution in [1.29, 1.82) is 0 Å². The molecule has 0 aliphatic rings. The molecule has 0 spiro atoms. The van der Waals surface area contributed by atoms with Crippen LogP contribution in [-0.2, 0) is 33.2 Å². The van der Waals surface area contributed by atoms with Gasteiger partial charge in [0.2, 0.25) is 5.91 Å². The summed E-state index contributed by atoms with van der Waals surface area (Å²) in [6.45, 7) is 21.3. The summed E-state index contributed by atoms with van der Waals surface area (Å²) >= 11 is 0. The number of carbonyl (C=O) groups excluding carboxylic acids is 1. The fourth-order valence-corrected chi connectivity index (χ4v) is 3.42. The summed E-state index contributed by atoms with van der Waals surface area (Å²) in [5.74, 6) is 2.16. The van der Waals surface area contributed by atoms with Crippen molar-refractivity contribution in [2.45, 2.75) is 80.1 Å². The summed E-state index contributed by atoms with van der Waals surface area (Å²) in [6, 6.07) is 0. The van der Waals surface area contributed by atoms with Crippen LogP contribution in [0.25, 0.3) is 0 Å². The zero-order valence-electron chi connectivity index (χ0n) is 25.7. The molecular weight excluding hydrogens is 486 g/mol. The van der Waals surface area contributed by atoms with E-state index >= 15 is 0 Å². The smallest absolute Gasteiger partial charge is 0.222 e. The molecule has 0 N–H and O–H groups in total. The molecule has 0 heterocycles. The molecule has 228 valence electrons. The van der Waals surface area contributed by atoms with Crippen LogP contribution in [0.2, 0.25) is 0 Å². The van der Waals surface area contributed by atoms with Crippen molar-refractivity contribution in [2.75, 3.05) is 92.4 Å². The predicted molar refractivity (Wildman–Crippen MR) is 154 cm³/mol. The van der Waals surface area contributed by atoms with Gasteiger partial charge < -0.3 is 33.3 Å². The molecule has 1 amide bonds. The second kappa shape index (κ2) is 27.8. The molecule has 0 saturated heterocycles. The van der Waals surface area contributed by atoms with Gasteiger partial charge in [0.1, 0.15) is 0 Å². The molecule has 0 fully saturated rings. The normalized spacial score (nSPS) is 11.8. The molecule has 0 aromatic rings. The van der Waals surface area contributed by atoms with Gasteiger partial charge in [-0.25, -0.2) is 0 Å². The molecule has 0 aliphatic heterocycles. The molecule has 8 nitrogen and oxygen atoms in total. The Hall–Kier alpha value is -0.770. The van der Waals surface area contributed by atoms with Crippen molar-refractivity contribution in [3.63, 3.8) is 0 Å². The lowest BCUT2D eigenvalue weighted by Crippen LogP contribution is -2.37. The van der Waals surface area contributed by atoms with Crippen molar-refractivity contribution in [2.24, 2.45) is 17.8 Å². The summed E-state index contributed by atoms with van der Waals surface area (Å²) in [6.07, 6.45) is 5.89. The highest BCUT2D eigenvalue weighted by atomic mass is 16.5. The van der Waals surface area contributed by atoms with Gasteiger partial charge >= 0.3 is 0 Å². The first kappa shape index (κ1) is 37.2. The van der Waals surface area contributed by atoms with E-state index in [0.29, 0.717) is 103 Å². The van der Waals surface area contributed by atoms with E-state index in [1.165, 1.54) is 0 Å². The van der Waals surface area contributed by atoms with Gasteiger partial charge in [-0.3, -0.25) is 4.79 Å². The fraction of sp³-hybridized carbons (Fsp3) is 0.967. The number of ether oxygens (including phenoxy) is 6. The van der Waals surface area contributed by atoms with Crippen molar-refractivity contribution < 1.29 is 33.2 Å². The number of unbranched alkanes of at least 4 members (excludes halogenated alkanes) is 1. The molecule has 0 aromatic carbocycles.